The van der Waals surface area contributed by atoms with E-state index in [4.69, 9.17) is 5.11 Å². The van der Waals surface area contributed by atoms with Gasteiger partial charge in [-0.1, -0.05) is 23.8 Å². The van der Waals surface area contributed by atoms with Crippen LogP contribution in [0.3, 0.4) is 0 Å². The highest BCUT2D eigenvalue weighted by molar-refractivity contribution is 6.04. The molecule has 0 heterocycles. The molecule has 2 N–H and O–H groups in total. The highest BCUT2D eigenvalue weighted by atomic mass is 16.4. The minimum atomic E-state index is -1.15. The van der Waals surface area contributed by atoms with E-state index in [2.05, 4.69) is 5.32 Å². The number of rotatable bonds is 4. The van der Waals surface area contributed by atoms with Gasteiger partial charge in [-0.25, -0.2) is 0 Å². The van der Waals surface area contributed by atoms with Crippen LogP contribution in [0.4, 0.5) is 0 Å². The number of aliphatic carboxylic acids is 1. The van der Waals surface area contributed by atoms with Gasteiger partial charge in [0.1, 0.15) is 5.41 Å². The smallest absolute Gasteiger partial charge is 0.319 e. The molecule has 0 radical (unpaired) electrons. The number of benzene rings is 1. The van der Waals surface area contributed by atoms with Crippen molar-refractivity contribution >= 4 is 11.9 Å². The summed E-state index contributed by atoms with van der Waals surface area (Å²) in [5.41, 5.74) is 2.15. The predicted octanol–water partition coefficient (Wildman–Crippen LogP) is 1.78. The van der Waals surface area contributed by atoms with E-state index >= 15 is 0 Å². The lowest BCUT2D eigenvalue weighted by molar-refractivity contribution is -0.149. The fraction of sp³-hybridized carbons (Fsp3) is 0.429. The number of nitrogens with one attached hydrogen (secondary N) is 1. The average Bonchev–Trinajstić information content (AvgIpc) is 3.08. The van der Waals surface area contributed by atoms with E-state index in [1.807, 2.05) is 32.0 Å². The molecule has 96 valence electrons. The Kier molecular flexibility index (Phi) is 3.11. The third-order valence-corrected chi connectivity index (χ3v) is 3.53. The Morgan fingerprint density at radius 1 is 1.33 bits per heavy atom. The second kappa shape index (κ2) is 4.44. The van der Waals surface area contributed by atoms with Crippen molar-refractivity contribution in [2.45, 2.75) is 33.2 Å². The monoisotopic (exact) mass is 247 g/mol. The summed E-state index contributed by atoms with van der Waals surface area (Å²) in [6.07, 6.45) is 0.891. The Morgan fingerprint density at radius 3 is 2.50 bits per heavy atom. The maximum Gasteiger partial charge on any atom is 0.319 e. The van der Waals surface area contributed by atoms with Crippen LogP contribution < -0.4 is 5.32 Å². The van der Waals surface area contributed by atoms with Crippen molar-refractivity contribution in [3.05, 3.63) is 34.9 Å². The van der Waals surface area contributed by atoms with Crippen molar-refractivity contribution in [1.82, 2.24) is 5.32 Å². The van der Waals surface area contributed by atoms with Crippen LogP contribution in [0.25, 0.3) is 0 Å². The molecule has 2 rings (SSSR count). The van der Waals surface area contributed by atoms with Crippen LogP contribution in [-0.2, 0) is 16.1 Å². The van der Waals surface area contributed by atoms with Gasteiger partial charge in [-0.3, -0.25) is 9.59 Å². The minimum Gasteiger partial charge on any atom is -0.480 e. The van der Waals surface area contributed by atoms with Crippen LogP contribution in [0.2, 0.25) is 0 Å². The average molecular weight is 247 g/mol. The summed E-state index contributed by atoms with van der Waals surface area (Å²) in [6, 6.07) is 6.00. The van der Waals surface area contributed by atoms with E-state index in [0.717, 1.165) is 11.1 Å². The van der Waals surface area contributed by atoms with Gasteiger partial charge in [0.15, 0.2) is 0 Å². The van der Waals surface area contributed by atoms with E-state index in [9.17, 15) is 9.59 Å². The van der Waals surface area contributed by atoms with Crippen LogP contribution in [-0.4, -0.2) is 17.0 Å². The molecule has 0 aliphatic heterocycles. The van der Waals surface area contributed by atoms with Crippen LogP contribution in [0.1, 0.15) is 29.5 Å². The molecule has 18 heavy (non-hydrogen) atoms. The molecule has 4 heteroatoms. The van der Waals surface area contributed by atoms with Crippen LogP contribution >= 0.6 is 0 Å². The highest BCUT2D eigenvalue weighted by Gasteiger charge is 2.56. The molecule has 1 saturated carbocycles. The van der Waals surface area contributed by atoms with Gasteiger partial charge in [-0.2, -0.15) is 0 Å². The van der Waals surface area contributed by atoms with E-state index in [1.165, 1.54) is 5.56 Å². The standard InChI is InChI=1S/C14H17NO3/c1-9-3-4-11(10(2)7-9)8-15-12(16)14(5-6-14)13(17)18/h3-4,7H,5-6,8H2,1-2H3,(H,15,16)(H,17,18). The zero-order valence-corrected chi connectivity index (χ0v) is 10.6. The summed E-state index contributed by atoms with van der Waals surface area (Å²) in [4.78, 5) is 22.8. The largest absolute Gasteiger partial charge is 0.480 e. The summed E-state index contributed by atoms with van der Waals surface area (Å²) in [5.74, 6) is -1.38. The summed E-state index contributed by atoms with van der Waals surface area (Å²) in [7, 11) is 0. The number of hydrogen-bond donors (Lipinski definition) is 2. The molecule has 0 spiro atoms. The SMILES string of the molecule is Cc1ccc(CNC(=O)C2(C(=O)O)CC2)c(C)c1. The molecule has 0 bridgehead atoms. The predicted molar refractivity (Wildman–Crippen MR) is 67.1 cm³/mol. The zero-order chi connectivity index (χ0) is 13.3. The summed E-state index contributed by atoms with van der Waals surface area (Å²) in [5, 5.41) is 11.7. The number of carbonyl (C=O) groups is 2. The Bertz CT molecular complexity index is 504. The van der Waals surface area contributed by atoms with E-state index < -0.39 is 11.4 Å². The van der Waals surface area contributed by atoms with Crippen molar-refractivity contribution < 1.29 is 14.7 Å². The third-order valence-electron chi connectivity index (χ3n) is 3.53. The first-order valence-electron chi connectivity index (χ1n) is 6.03. The number of carboxylic acids is 1. The molecule has 1 aromatic carbocycles. The summed E-state index contributed by atoms with van der Waals surface area (Å²) in [6.45, 7) is 4.39. The Hall–Kier alpha value is -1.84. The van der Waals surface area contributed by atoms with Crippen molar-refractivity contribution in [2.75, 3.05) is 0 Å². The zero-order valence-electron chi connectivity index (χ0n) is 10.6. The summed E-state index contributed by atoms with van der Waals surface area (Å²) < 4.78 is 0. The lowest BCUT2D eigenvalue weighted by Crippen LogP contribution is -2.36. The van der Waals surface area contributed by atoms with E-state index in [0.29, 0.717) is 19.4 Å². The molecule has 1 aromatic rings. The maximum atomic E-state index is 11.8. The normalized spacial score (nSPS) is 16.1. The van der Waals surface area contributed by atoms with Gasteiger partial charge >= 0.3 is 5.97 Å². The topological polar surface area (TPSA) is 66.4 Å². The Morgan fingerprint density at radius 2 is 2.00 bits per heavy atom. The summed E-state index contributed by atoms with van der Waals surface area (Å²) >= 11 is 0. The fourth-order valence-corrected chi connectivity index (χ4v) is 2.05. The Labute approximate surface area is 106 Å². The number of amides is 1. The first-order chi connectivity index (χ1) is 8.45. The van der Waals surface area contributed by atoms with E-state index in [-0.39, 0.29) is 5.91 Å². The quantitative estimate of drug-likeness (QED) is 0.797. The van der Waals surface area contributed by atoms with Crippen molar-refractivity contribution in [1.29, 1.82) is 0 Å². The highest BCUT2D eigenvalue weighted by Crippen LogP contribution is 2.46. The number of hydrogen-bond acceptors (Lipinski definition) is 2. The van der Waals surface area contributed by atoms with Gasteiger partial charge in [-0.15, -0.1) is 0 Å². The molecule has 0 atom stereocenters. The van der Waals surface area contributed by atoms with Gasteiger partial charge < -0.3 is 10.4 Å². The third kappa shape index (κ3) is 2.23. The molecule has 0 aromatic heterocycles. The van der Waals surface area contributed by atoms with Gasteiger partial charge in [0.05, 0.1) is 0 Å². The van der Waals surface area contributed by atoms with Crippen LogP contribution in [0, 0.1) is 19.3 Å². The molecular weight excluding hydrogens is 230 g/mol. The van der Waals surface area contributed by atoms with Crippen molar-refractivity contribution in [3.8, 4) is 0 Å². The molecular formula is C14H17NO3. The molecule has 1 aliphatic carbocycles. The van der Waals surface area contributed by atoms with Gasteiger partial charge in [0.2, 0.25) is 5.91 Å². The van der Waals surface area contributed by atoms with Gasteiger partial charge in [0.25, 0.3) is 0 Å². The maximum absolute atomic E-state index is 11.8. The minimum absolute atomic E-state index is 0.366. The second-order valence-corrected chi connectivity index (χ2v) is 5.00. The molecule has 1 fully saturated rings. The lowest BCUT2D eigenvalue weighted by atomic mass is 10.0. The Balaban J connectivity index is 2.00. The number of carboxylic acid groups (broad SMARTS) is 1. The lowest BCUT2D eigenvalue weighted by Gasteiger charge is -2.12. The first kappa shape index (κ1) is 12.6. The molecule has 1 aliphatic rings. The van der Waals surface area contributed by atoms with Gasteiger partial charge in [0, 0.05) is 6.54 Å². The molecule has 0 saturated heterocycles. The van der Waals surface area contributed by atoms with Crippen molar-refractivity contribution in [2.24, 2.45) is 5.41 Å². The second-order valence-electron chi connectivity index (χ2n) is 5.00. The van der Waals surface area contributed by atoms with E-state index in [1.54, 1.807) is 0 Å². The molecule has 1 amide bonds. The number of aryl methyl sites for hydroxylation is 2. The number of carbonyl (C=O) groups excluding carboxylic acids is 1. The first-order valence-corrected chi connectivity index (χ1v) is 6.03. The molecule has 4 nitrogen and oxygen atoms in total. The van der Waals surface area contributed by atoms with Crippen molar-refractivity contribution in [3.63, 3.8) is 0 Å². The fourth-order valence-electron chi connectivity index (χ4n) is 2.05. The van der Waals surface area contributed by atoms with Gasteiger partial charge in [-0.05, 0) is 37.8 Å². The van der Waals surface area contributed by atoms with Crippen LogP contribution in [0.15, 0.2) is 18.2 Å². The molecule has 0 unspecified atom stereocenters. The van der Waals surface area contributed by atoms with Crippen LogP contribution in [0.5, 0.6) is 0 Å².